The Balaban J connectivity index is 1.62. The van der Waals surface area contributed by atoms with E-state index in [0.29, 0.717) is 10.9 Å². The Morgan fingerprint density at radius 1 is 1.23 bits per heavy atom. The monoisotopic (exact) mass is 330 g/mol. The molecule has 1 fully saturated rings. The molecule has 0 spiro atoms. The summed E-state index contributed by atoms with van der Waals surface area (Å²) in [6.07, 6.45) is 1.14. The molecule has 1 aliphatic rings. The summed E-state index contributed by atoms with van der Waals surface area (Å²) in [6, 6.07) is 16.5. The summed E-state index contributed by atoms with van der Waals surface area (Å²) in [5, 5.41) is 4.77. The van der Waals surface area contributed by atoms with E-state index in [1.807, 2.05) is 24.3 Å². The van der Waals surface area contributed by atoms with Crippen molar-refractivity contribution in [2.45, 2.75) is 19.3 Å². The Labute approximate surface area is 142 Å². The largest absolute Gasteiger partial charge is 0.348 e. The summed E-state index contributed by atoms with van der Waals surface area (Å²) in [6.45, 7) is 4.08. The summed E-state index contributed by atoms with van der Waals surface area (Å²) in [7, 11) is 0. The van der Waals surface area contributed by atoms with Gasteiger partial charge in [-0.15, -0.1) is 0 Å². The van der Waals surface area contributed by atoms with Crippen molar-refractivity contribution in [1.29, 1.82) is 0 Å². The van der Waals surface area contributed by atoms with Gasteiger partial charge in [0, 0.05) is 29.7 Å². The standard InChI is InChI=1S/C18H19ClN2S/c1-13-5-7-14(8-6-13)15-9-10-21(12-15)18(22)20-17-4-2-3-16(19)11-17/h2-8,11,15H,9-10,12H2,1H3,(H,20,22)/t15-/m1/s1. The molecule has 2 nitrogen and oxygen atoms in total. The predicted octanol–water partition coefficient (Wildman–Crippen LogP) is 4.83. The lowest BCUT2D eigenvalue weighted by Crippen LogP contribution is -2.32. The lowest BCUT2D eigenvalue weighted by Gasteiger charge is -2.21. The summed E-state index contributed by atoms with van der Waals surface area (Å²) >= 11 is 11.5. The van der Waals surface area contributed by atoms with Gasteiger partial charge in [0.2, 0.25) is 0 Å². The maximum atomic E-state index is 6.01. The van der Waals surface area contributed by atoms with Gasteiger partial charge in [-0.05, 0) is 49.3 Å². The second-order valence-electron chi connectivity index (χ2n) is 5.78. The van der Waals surface area contributed by atoms with E-state index in [2.05, 4.69) is 41.4 Å². The van der Waals surface area contributed by atoms with Crippen molar-refractivity contribution in [3.8, 4) is 0 Å². The maximum Gasteiger partial charge on any atom is 0.173 e. The number of anilines is 1. The Kier molecular flexibility index (Phi) is 4.65. The van der Waals surface area contributed by atoms with Gasteiger partial charge in [0.15, 0.2) is 5.11 Å². The van der Waals surface area contributed by atoms with E-state index in [9.17, 15) is 0 Å². The molecule has 2 aromatic rings. The Hall–Kier alpha value is -1.58. The smallest absolute Gasteiger partial charge is 0.173 e. The lowest BCUT2D eigenvalue weighted by molar-refractivity contribution is 0.518. The average molecular weight is 331 g/mol. The molecule has 114 valence electrons. The number of thiocarbonyl (C=S) groups is 1. The first-order valence-corrected chi connectivity index (χ1v) is 8.28. The van der Waals surface area contributed by atoms with Gasteiger partial charge >= 0.3 is 0 Å². The minimum Gasteiger partial charge on any atom is -0.348 e. The highest BCUT2D eigenvalue weighted by molar-refractivity contribution is 7.80. The van der Waals surface area contributed by atoms with Crippen molar-refractivity contribution in [2.24, 2.45) is 0 Å². The van der Waals surface area contributed by atoms with Crippen molar-refractivity contribution in [3.05, 3.63) is 64.7 Å². The van der Waals surface area contributed by atoms with E-state index in [1.54, 1.807) is 0 Å². The molecular formula is C18H19ClN2S. The zero-order valence-electron chi connectivity index (χ0n) is 12.6. The lowest BCUT2D eigenvalue weighted by atomic mass is 9.98. The van der Waals surface area contributed by atoms with Crippen LogP contribution in [0, 0.1) is 6.92 Å². The third-order valence-corrected chi connectivity index (χ3v) is 4.70. The SMILES string of the molecule is Cc1ccc([C@@H]2CCN(C(=S)Nc3cccc(Cl)c3)C2)cc1. The van der Waals surface area contributed by atoms with E-state index in [0.717, 1.165) is 30.3 Å². The topological polar surface area (TPSA) is 15.3 Å². The summed E-state index contributed by atoms with van der Waals surface area (Å²) in [4.78, 5) is 2.24. The molecule has 2 aromatic carbocycles. The van der Waals surface area contributed by atoms with Crippen LogP contribution in [0.25, 0.3) is 0 Å². The van der Waals surface area contributed by atoms with Gasteiger partial charge in [0.05, 0.1) is 0 Å². The highest BCUT2D eigenvalue weighted by Crippen LogP contribution is 2.28. The molecule has 0 bridgehead atoms. The summed E-state index contributed by atoms with van der Waals surface area (Å²) in [5.41, 5.74) is 3.65. The Morgan fingerprint density at radius 3 is 2.73 bits per heavy atom. The first-order valence-electron chi connectivity index (χ1n) is 7.50. The van der Waals surface area contributed by atoms with Gasteiger partial charge in [-0.3, -0.25) is 0 Å². The summed E-state index contributed by atoms with van der Waals surface area (Å²) in [5.74, 6) is 0.555. The van der Waals surface area contributed by atoms with Crippen LogP contribution in [0.3, 0.4) is 0 Å². The highest BCUT2D eigenvalue weighted by atomic mass is 35.5. The van der Waals surface area contributed by atoms with Crippen molar-refractivity contribution < 1.29 is 0 Å². The molecule has 0 amide bonds. The van der Waals surface area contributed by atoms with Crippen LogP contribution >= 0.6 is 23.8 Å². The molecule has 1 atom stereocenters. The van der Waals surface area contributed by atoms with Crippen molar-refractivity contribution in [1.82, 2.24) is 4.90 Å². The predicted molar refractivity (Wildman–Crippen MR) is 97.8 cm³/mol. The number of rotatable bonds is 2. The number of nitrogens with one attached hydrogen (secondary N) is 1. The molecule has 0 aromatic heterocycles. The number of hydrogen-bond donors (Lipinski definition) is 1. The fourth-order valence-electron chi connectivity index (χ4n) is 2.82. The van der Waals surface area contributed by atoms with E-state index in [1.165, 1.54) is 11.1 Å². The number of hydrogen-bond acceptors (Lipinski definition) is 1. The van der Waals surface area contributed by atoms with Crippen molar-refractivity contribution in [2.75, 3.05) is 18.4 Å². The zero-order valence-corrected chi connectivity index (χ0v) is 14.1. The van der Waals surface area contributed by atoms with Gasteiger partial charge in [-0.1, -0.05) is 47.5 Å². The zero-order chi connectivity index (χ0) is 15.5. The number of benzene rings is 2. The molecule has 4 heteroatoms. The second-order valence-corrected chi connectivity index (χ2v) is 6.61. The highest BCUT2D eigenvalue weighted by Gasteiger charge is 2.25. The quantitative estimate of drug-likeness (QED) is 0.794. The number of halogens is 1. The second kappa shape index (κ2) is 6.67. The molecule has 1 saturated heterocycles. The van der Waals surface area contributed by atoms with Crippen LogP contribution in [0.4, 0.5) is 5.69 Å². The van der Waals surface area contributed by atoms with Crippen LogP contribution in [0.15, 0.2) is 48.5 Å². The Bertz CT molecular complexity index is 669. The van der Waals surface area contributed by atoms with Crippen LogP contribution in [0.2, 0.25) is 5.02 Å². The van der Waals surface area contributed by atoms with E-state index in [4.69, 9.17) is 23.8 Å². The molecule has 0 saturated carbocycles. The van der Waals surface area contributed by atoms with E-state index in [-0.39, 0.29) is 0 Å². The third kappa shape index (κ3) is 3.60. The first kappa shape index (κ1) is 15.3. The molecule has 3 rings (SSSR count). The molecular weight excluding hydrogens is 312 g/mol. The van der Waals surface area contributed by atoms with Crippen LogP contribution in [0.5, 0.6) is 0 Å². The van der Waals surface area contributed by atoms with E-state index < -0.39 is 0 Å². The van der Waals surface area contributed by atoms with Gasteiger partial charge in [0.25, 0.3) is 0 Å². The maximum absolute atomic E-state index is 6.01. The molecule has 22 heavy (non-hydrogen) atoms. The molecule has 1 heterocycles. The molecule has 0 unspecified atom stereocenters. The average Bonchev–Trinajstić information content (AvgIpc) is 2.98. The molecule has 1 N–H and O–H groups in total. The Morgan fingerprint density at radius 2 is 2.00 bits per heavy atom. The third-order valence-electron chi connectivity index (χ3n) is 4.10. The molecule has 0 aliphatic carbocycles. The molecule has 1 aliphatic heterocycles. The van der Waals surface area contributed by atoms with Gasteiger partial charge in [-0.2, -0.15) is 0 Å². The van der Waals surface area contributed by atoms with Gasteiger partial charge in [0.1, 0.15) is 0 Å². The number of aryl methyl sites for hydroxylation is 1. The molecule has 0 radical (unpaired) electrons. The van der Waals surface area contributed by atoms with Crippen molar-refractivity contribution in [3.63, 3.8) is 0 Å². The fraction of sp³-hybridized carbons (Fsp3) is 0.278. The number of likely N-dealkylation sites (tertiary alicyclic amines) is 1. The first-order chi connectivity index (χ1) is 10.6. The van der Waals surface area contributed by atoms with Crippen LogP contribution in [0.1, 0.15) is 23.5 Å². The van der Waals surface area contributed by atoms with Crippen LogP contribution in [-0.4, -0.2) is 23.1 Å². The van der Waals surface area contributed by atoms with Gasteiger partial charge < -0.3 is 10.2 Å². The van der Waals surface area contributed by atoms with Gasteiger partial charge in [-0.25, -0.2) is 0 Å². The number of nitrogens with zero attached hydrogens (tertiary/aromatic N) is 1. The summed E-state index contributed by atoms with van der Waals surface area (Å²) < 4.78 is 0. The fourth-order valence-corrected chi connectivity index (χ4v) is 3.30. The van der Waals surface area contributed by atoms with Crippen LogP contribution < -0.4 is 5.32 Å². The minimum absolute atomic E-state index is 0.555. The van der Waals surface area contributed by atoms with E-state index >= 15 is 0 Å². The van der Waals surface area contributed by atoms with Crippen molar-refractivity contribution >= 4 is 34.6 Å². The normalized spacial score (nSPS) is 17.5. The minimum atomic E-state index is 0.555. The van der Waals surface area contributed by atoms with Crippen LogP contribution in [-0.2, 0) is 0 Å².